The Labute approximate surface area is 146 Å². The van der Waals surface area contributed by atoms with E-state index in [2.05, 4.69) is 34.6 Å². The van der Waals surface area contributed by atoms with Crippen LogP contribution in [0.3, 0.4) is 0 Å². The van der Waals surface area contributed by atoms with Gasteiger partial charge in [-0.15, -0.1) is 0 Å². The molecule has 1 aliphatic heterocycles. The molecule has 0 fully saturated rings. The van der Waals surface area contributed by atoms with E-state index in [-0.39, 0.29) is 6.04 Å². The van der Waals surface area contributed by atoms with Gasteiger partial charge in [0.15, 0.2) is 11.5 Å². The summed E-state index contributed by atoms with van der Waals surface area (Å²) in [7, 11) is 4.96. The van der Waals surface area contributed by atoms with E-state index in [0.717, 1.165) is 24.3 Å². The van der Waals surface area contributed by atoms with Gasteiger partial charge >= 0.3 is 0 Å². The van der Waals surface area contributed by atoms with E-state index < -0.39 is 0 Å². The summed E-state index contributed by atoms with van der Waals surface area (Å²) in [6.45, 7) is 0.914. The standard InChI is InChI=1S/C20H22N2O3/c1-23-16-11-18(25-3)17(24-2)10-14(16)19-20-13(8-9-21-19)12-6-4-5-7-15(12)22-20/h4-7,10-11,19,21-22H,8-9H2,1-3H3. The fourth-order valence-corrected chi connectivity index (χ4v) is 3.72. The Hall–Kier alpha value is -2.66. The van der Waals surface area contributed by atoms with Gasteiger partial charge in [-0.2, -0.15) is 0 Å². The summed E-state index contributed by atoms with van der Waals surface area (Å²) < 4.78 is 16.5. The van der Waals surface area contributed by atoms with Crippen LogP contribution in [0.15, 0.2) is 36.4 Å². The smallest absolute Gasteiger partial charge is 0.164 e. The van der Waals surface area contributed by atoms with Crippen molar-refractivity contribution >= 4 is 10.9 Å². The van der Waals surface area contributed by atoms with E-state index in [1.807, 2.05) is 12.1 Å². The van der Waals surface area contributed by atoms with Gasteiger partial charge in [0, 0.05) is 34.8 Å². The van der Waals surface area contributed by atoms with Gasteiger partial charge in [0.2, 0.25) is 0 Å². The molecule has 0 bridgehead atoms. The van der Waals surface area contributed by atoms with Crippen molar-refractivity contribution in [3.63, 3.8) is 0 Å². The second-order valence-corrected chi connectivity index (χ2v) is 6.15. The summed E-state index contributed by atoms with van der Waals surface area (Å²) in [5.74, 6) is 2.14. The first kappa shape index (κ1) is 15.8. The monoisotopic (exact) mass is 338 g/mol. The first-order valence-corrected chi connectivity index (χ1v) is 8.39. The number of para-hydroxylation sites is 1. The van der Waals surface area contributed by atoms with Crippen molar-refractivity contribution in [3.05, 3.63) is 53.2 Å². The van der Waals surface area contributed by atoms with Crippen LogP contribution in [0.4, 0.5) is 0 Å². The molecular formula is C20H22N2O3. The van der Waals surface area contributed by atoms with Crippen LogP contribution in [0.25, 0.3) is 10.9 Å². The minimum Gasteiger partial charge on any atom is -0.496 e. The molecule has 0 aliphatic carbocycles. The molecule has 0 saturated heterocycles. The maximum Gasteiger partial charge on any atom is 0.164 e. The highest BCUT2D eigenvalue weighted by molar-refractivity contribution is 5.85. The first-order chi connectivity index (χ1) is 12.3. The van der Waals surface area contributed by atoms with Gasteiger partial charge in [0.1, 0.15) is 5.75 Å². The lowest BCUT2D eigenvalue weighted by Gasteiger charge is -2.27. The van der Waals surface area contributed by atoms with E-state index in [1.54, 1.807) is 21.3 Å². The molecule has 2 aromatic carbocycles. The normalized spacial score (nSPS) is 16.5. The molecule has 2 N–H and O–H groups in total. The Bertz CT molecular complexity index is 917. The van der Waals surface area contributed by atoms with Crippen molar-refractivity contribution in [1.29, 1.82) is 0 Å². The Kier molecular flexibility index (Phi) is 4.01. The second kappa shape index (κ2) is 6.33. The van der Waals surface area contributed by atoms with Gasteiger partial charge in [-0.25, -0.2) is 0 Å². The molecule has 5 heteroatoms. The number of ether oxygens (including phenoxy) is 3. The van der Waals surface area contributed by atoms with Gasteiger partial charge in [-0.05, 0) is 24.1 Å². The second-order valence-electron chi connectivity index (χ2n) is 6.15. The average molecular weight is 338 g/mol. The highest BCUT2D eigenvalue weighted by atomic mass is 16.5. The van der Waals surface area contributed by atoms with Crippen molar-refractivity contribution in [2.75, 3.05) is 27.9 Å². The number of benzene rings is 2. The highest BCUT2D eigenvalue weighted by Gasteiger charge is 2.28. The summed E-state index contributed by atoms with van der Waals surface area (Å²) in [5, 5.41) is 4.90. The number of nitrogens with one attached hydrogen (secondary N) is 2. The number of aromatic amines is 1. The zero-order valence-corrected chi connectivity index (χ0v) is 14.7. The number of H-pyrrole nitrogens is 1. The minimum absolute atomic E-state index is 0.0194. The maximum absolute atomic E-state index is 5.64. The third-order valence-electron chi connectivity index (χ3n) is 4.91. The zero-order chi connectivity index (χ0) is 17.4. The Morgan fingerprint density at radius 1 is 0.920 bits per heavy atom. The molecule has 5 nitrogen and oxygen atoms in total. The van der Waals surface area contributed by atoms with Gasteiger partial charge < -0.3 is 24.5 Å². The van der Waals surface area contributed by atoms with Crippen molar-refractivity contribution in [2.45, 2.75) is 12.5 Å². The number of rotatable bonds is 4. The Morgan fingerprint density at radius 3 is 2.40 bits per heavy atom. The van der Waals surface area contributed by atoms with Crippen LogP contribution < -0.4 is 19.5 Å². The number of hydrogen-bond acceptors (Lipinski definition) is 4. The van der Waals surface area contributed by atoms with E-state index in [0.29, 0.717) is 11.5 Å². The molecule has 4 rings (SSSR count). The van der Waals surface area contributed by atoms with E-state index in [1.165, 1.54) is 22.2 Å². The Morgan fingerprint density at radius 2 is 1.64 bits per heavy atom. The lowest BCUT2D eigenvalue weighted by Crippen LogP contribution is -2.30. The van der Waals surface area contributed by atoms with Crippen molar-refractivity contribution in [2.24, 2.45) is 0 Å². The quantitative estimate of drug-likeness (QED) is 0.765. The largest absolute Gasteiger partial charge is 0.496 e. The van der Waals surface area contributed by atoms with Crippen LogP contribution in [0, 0.1) is 0 Å². The van der Waals surface area contributed by atoms with Gasteiger partial charge in [-0.1, -0.05) is 18.2 Å². The predicted octanol–water partition coefficient (Wildman–Crippen LogP) is 3.43. The molecule has 0 radical (unpaired) electrons. The topological polar surface area (TPSA) is 55.5 Å². The van der Waals surface area contributed by atoms with Gasteiger partial charge in [0.25, 0.3) is 0 Å². The number of hydrogen-bond donors (Lipinski definition) is 2. The SMILES string of the molecule is COc1cc(OC)c(C2NCCc3c2[nH]c2ccccc32)cc1OC. The minimum atomic E-state index is 0.0194. The zero-order valence-electron chi connectivity index (χ0n) is 14.7. The fraction of sp³-hybridized carbons (Fsp3) is 0.300. The van der Waals surface area contributed by atoms with E-state index in [4.69, 9.17) is 14.2 Å². The summed E-state index contributed by atoms with van der Waals surface area (Å²) >= 11 is 0. The Balaban J connectivity index is 1.89. The van der Waals surface area contributed by atoms with Crippen LogP contribution >= 0.6 is 0 Å². The van der Waals surface area contributed by atoms with E-state index in [9.17, 15) is 0 Å². The molecule has 3 aromatic rings. The molecular weight excluding hydrogens is 316 g/mol. The molecule has 130 valence electrons. The first-order valence-electron chi connectivity index (χ1n) is 8.39. The molecule has 1 atom stereocenters. The maximum atomic E-state index is 5.64. The molecule has 1 unspecified atom stereocenters. The molecule has 1 aromatic heterocycles. The third-order valence-corrected chi connectivity index (χ3v) is 4.91. The lowest BCUT2D eigenvalue weighted by atomic mass is 9.93. The van der Waals surface area contributed by atoms with Crippen LogP contribution in [0.1, 0.15) is 22.9 Å². The van der Waals surface area contributed by atoms with Crippen molar-refractivity contribution in [3.8, 4) is 17.2 Å². The summed E-state index contributed by atoms with van der Waals surface area (Å²) in [4.78, 5) is 3.59. The number of methoxy groups -OCH3 is 3. The van der Waals surface area contributed by atoms with Crippen molar-refractivity contribution < 1.29 is 14.2 Å². The summed E-state index contributed by atoms with van der Waals surface area (Å²) in [5.41, 5.74) is 4.77. The highest BCUT2D eigenvalue weighted by Crippen LogP contribution is 2.41. The average Bonchev–Trinajstić information content (AvgIpc) is 3.05. The van der Waals surface area contributed by atoms with Crippen LogP contribution in [-0.4, -0.2) is 32.9 Å². The summed E-state index contributed by atoms with van der Waals surface area (Å²) in [6, 6.07) is 12.3. The molecule has 0 amide bonds. The van der Waals surface area contributed by atoms with E-state index >= 15 is 0 Å². The van der Waals surface area contributed by atoms with Crippen molar-refractivity contribution in [1.82, 2.24) is 10.3 Å². The summed E-state index contributed by atoms with van der Waals surface area (Å²) in [6.07, 6.45) is 1.01. The lowest BCUT2D eigenvalue weighted by molar-refractivity contribution is 0.345. The number of aromatic nitrogens is 1. The molecule has 0 spiro atoms. The van der Waals surface area contributed by atoms with Gasteiger partial charge in [0.05, 0.1) is 27.4 Å². The van der Waals surface area contributed by atoms with Gasteiger partial charge in [-0.3, -0.25) is 0 Å². The molecule has 25 heavy (non-hydrogen) atoms. The molecule has 1 aliphatic rings. The number of fused-ring (bicyclic) bond motifs is 3. The van der Waals surface area contributed by atoms with Crippen LogP contribution in [0.5, 0.6) is 17.2 Å². The van der Waals surface area contributed by atoms with Crippen LogP contribution in [0.2, 0.25) is 0 Å². The predicted molar refractivity (Wildman–Crippen MR) is 97.9 cm³/mol. The molecule has 2 heterocycles. The van der Waals surface area contributed by atoms with Crippen LogP contribution in [-0.2, 0) is 6.42 Å². The fourth-order valence-electron chi connectivity index (χ4n) is 3.72. The third kappa shape index (κ3) is 2.51. The molecule has 0 saturated carbocycles.